The fraction of sp³-hybridized carbons (Fsp3) is 0.286. The molecule has 0 bridgehead atoms. The van der Waals surface area contributed by atoms with Crippen molar-refractivity contribution in [3.8, 4) is 11.8 Å². The van der Waals surface area contributed by atoms with Gasteiger partial charge in [0.2, 0.25) is 21.1 Å². The van der Waals surface area contributed by atoms with Crippen molar-refractivity contribution in [2.75, 3.05) is 31.9 Å². The lowest BCUT2D eigenvalue weighted by atomic mass is 10.2. The van der Waals surface area contributed by atoms with E-state index in [9.17, 15) is 18.5 Å². The normalized spacial score (nSPS) is 14.7. The summed E-state index contributed by atoms with van der Waals surface area (Å²) in [6, 6.07) is 15.7. The Morgan fingerprint density at radius 2 is 1.79 bits per heavy atom. The molecule has 0 atom stereocenters. The van der Waals surface area contributed by atoms with E-state index in [1.54, 1.807) is 21.7 Å². The number of hydrogen-bond donors (Lipinski definition) is 0. The predicted octanol–water partition coefficient (Wildman–Crippen LogP) is 1.47. The molecule has 0 aliphatic carbocycles. The van der Waals surface area contributed by atoms with Crippen molar-refractivity contribution in [2.24, 2.45) is 0 Å². The number of sulfonamides is 1. The summed E-state index contributed by atoms with van der Waals surface area (Å²) in [7, 11) is -3.80. The SMILES string of the molecule is Cc1ccccc1-n1nnnc1SCC(=O)N1CCN(S(=O)(=O)c2ccccc2C#N)CC1. The average molecular weight is 484 g/mol. The topological polar surface area (TPSA) is 125 Å². The Morgan fingerprint density at radius 3 is 2.52 bits per heavy atom. The number of rotatable bonds is 6. The standard InChI is InChI=1S/C21H21N7O3S2/c1-16-6-2-4-8-18(16)28-21(23-24-25-28)32-15-20(29)26-10-12-27(13-11-26)33(30,31)19-9-5-3-7-17(19)14-22/h2-9H,10-13,15H2,1H3. The first-order valence-corrected chi connectivity index (χ1v) is 12.6. The number of para-hydroxylation sites is 1. The van der Waals surface area contributed by atoms with E-state index in [0.717, 1.165) is 11.3 Å². The van der Waals surface area contributed by atoms with Gasteiger partial charge in [0, 0.05) is 26.2 Å². The molecule has 0 unspecified atom stereocenters. The molecule has 1 amide bonds. The smallest absolute Gasteiger partial charge is 0.244 e. The highest BCUT2D eigenvalue weighted by Gasteiger charge is 2.31. The molecule has 1 aliphatic heterocycles. The highest BCUT2D eigenvalue weighted by atomic mass is 32.2. The second kappa shape index (κ2) is 9.70. The maximum atomic E-state index is 13.0. The molecular formula is C21H21N7O3S2. The van der Waals surface area contributed by atoms with Gasteiger partial charge in [0.25, 0.3) is 0 Å². The highest BCUT2D eigenvalue weighted by Crippen LogP contribution is 2.23. The van der Waals surface area contributed by atoms with E-state index < -0.39 is 10.0 Å². The number of aromatic nitrogens is 4. The Bertz CT molecular complexity index is 1310. The molecule has 1 fully saturated rings. The zero-order valence-corrected chi connectivity index (χ0v) is 19.5. The first kappa shape index (κ1) is 22.9. The predicted molar refractivity (Wildman–Crippen MR) is 121 cm³/mol. The number of tetrazole rings is 1. The summed E-state index contributed by atoms with van der Waals surface area (Å²) in [5.74, 6) is 0.0183. The van der Waals surface area contributed by atoms with E-state index in [2.05, 4.69) is 15.5 Å². The van der Waals surface area contributed by atoms with E-state index in [1.807, 2.05) is 37.3 Å². The van der Waals surface area contributed by atoms with Gasteiger partial charge in [-0.05, 0) is 41.1 Å². The summed E-state index contributed by atoms with van der Waals surface area (Å²) in [6.45, 7) is 2.84. The molecule has 0 N–H and O–H groups in total. The van der Waals surface area contributed by atoms with Crippen LogP contribution in [-0.4, -0.2) is 75.7 Å². The number of amides is 1. The van der Waals surface area contributed by atoms with Crippen molar-refractivity contribution in [2.45, 2.75) is 17.0 Å². The van der Waals surface area contributed by atoms with Gasteiger partial charge in [-0.2, -0.15) is 14.2 Å². The molecular weight excluding hydrogens is 462 g/mol. The Morgan fingerprint density at radius 1 is 1.09 bits per heavy atom. The molecule has 3 aromatic rings. The molecule has 2 aromatic carbocycles. The Kier molecular flexibility index (Phi) is 6.73. The number of aryl methyl sites for hydroxylation is 1. The van der Waals surface area contributed by atoms with Gasteiger partial charge in [0.1, 0.15) is 6.07 Å². The molecule has 1 aliphatic rings. The third-order valence-electron chi connectivity index (χ3n) is 5.33. The number of carbonyl (C=O) groups excluding carboxylic acids is 1. The van der Waals surface area contributed by atoms with Gasteiger partial charge in [0.15, 0.2) is 0 Å². The van der Waals surface area contributed by atoms with Crippen LogP contribution in [0.4, 0.5) is 0 Å². The van der Waals surface area contributed by atoms with Crippen molar-refractivity contribution in [1.82, 2.24) is 29.4 Å². The molecule has 0 saturated carbocycles. The molecule has 0 spiro atoms. The van der Waals surface area contributed by atoms with Gasteiger partial charge in [-0.25, -0.2) is 8.42 Å². The molecule has 1 saturated heterocycles. The minimum atomic E-state index is -3.80. The van der Waals surface area contributed by atoms with Crippen LogP contribution in [0.2, 0.25) is 0 Å². The maximum Gasteiger partial charge on any atom is 0.244 e. The first-order chi connectivity index (χ1) is 15.9. The van der Waals surface area contributed by atoms with E-state index in [-0.39, 0.29) is 48.3 Å². The maximum absolute atomic E-state index is 13.0. The summed E-state index contributed by atoms with van der Waals surface area (Å²) in [4.78, 5) is 14.4. The van der Waals surface area contributed by atoms with Crippen molar-refractivity contribution >= 4 is 27.7 Å². The van der Waals surface area contributed by atoms with Crippen molar-refractivity contribution in [1.29, 1.82) is 5.26 Å². The van der Waals surface area contributed by atoms with Crippen LogP contribution in [-0.2, 0) is 14.8 Å². The number of carbonyl (C=O) groups is 1. The quantitative estimate of drug-likeness (QED) is 0.483. The number of thioether (sulfide) groups is 1. The van der Waals surface area contributed by atoms with Crippen LogP contribution in [0, 0.1) is 18.3 Å². The summed E-state index contributed by atoms with van der Waals surface area (Å²) in [6.07, 6.45) is 0. The van der Waals surface area contributed by atoms with Crippen LogP contribution in [0.1, 0.15) is 11.1 Å². The summed E-state index contributed by atoms with van der Waals surface area (Å²) < 4.78 is 28.9. The fourth-order valence-electron chi connectivity index (χ4n) is 3.54. The van der Waals surface area contributed by atoms with E-state index >= 15 is 0 Å². The number of hydrogen-bond acceptors (Lipinski definition) is 8. The second-order valence-electron chi connectivity index (χ2n) is 7.34. The zero-order chi connectivity index (χ0) is 23.4. The van der Waals surface area contributed by atoms with Crippen LogP contribution in [0.3, 0.4) is 0 Å². The van der Waals surface area contributed by atoms with Crippen molar-refractivity contribution in [3.63, 3.8) is 0 Å². The van der Waals surface area contributed by atoms with Gasteiger partial charge in [-0.1, -0.05) is 42.1 Å². The van der Waals surface area contributed by atoms with Gasteiger partial charge in [0.05, 0.1) is 21.9 Å². The third kappa shape index (κ3) is 4.75. The monoisotopic (exact) mass is 483 g/mol. The number of nitrogens with zero attached hydrogens (tertiary/aromatic N) is 7. The minimum absolute atomic E-state index is 0.00845. The number of benzene rings is 2. The van der Waals surface area contributed by atoms with E-state index in [4.69, 9.17) is 0 Å². The fourth-order valence-corrected chi connectivity index (χ4v) is 5.89. The highest BCUT2D eigenvalue weighted by molar-refractivity contribution is 7.99. The lowest BCUT2D eigenvalue weighted by Crippen LogP contribution is -2.51. The Labute approximate surface area is 195 Å². The lowest BCUT2D eigenvalue weighted by Gasteiger charge is -2.34. The van der Waals surface area contributed by atoms with Gasteiger partial charge >= 0.3 is 0 Å². The lowest BCUT2D eigenvalue weighted by molar-refractivity contribution is -0.129. The van der Waals surface area contributed by atoms with Crippen LogP contribution in [0.25, 0.3) is 5.69 Å². The van der Waals surface area contributed by atoms with E-state index in [1.165, 1.54) is 28.2 Å². The Balaban J connectivity index is 1.37. The van der Waals surface area contributed by atoms with Gasteiger partial charge < -0.3 is 4.90 Å². The minimum Gasteiger partial charge on any atom is -0.339 e. The molecule has 2 heterocycles. The van der Waals surface area contributed by atoms with Crippen LogP contribution >= 0.6 is 11.8 Å². The first-order valence-electron chi connectivity index (χ1n) is 10.2. The summed E-state index contributed by atoms with van der Waals surface area (Å²) in [5.41, 5.74) is 1.96. The molecule has 0 radical (unpaired) electrons. The third-order valence-corrected chi connectivity index (χ3v) is 8.19. The zero-order valence-electron chi connectivity index (χ0n) is 17.8. The molecule has 12 heteroatoms. The van der Waals surface area contributed by atoms with E-state index in [0.29, 0.717) is 5.16 Å². The van der Waals surface area contributed by atoms with Crippen LogP contribution in [0.5, 0.6) is 0 Å². The average Bonchev–Trinajstić information content (AvgIpc) is 3.31. The summed E-state index contributed by atoms with van der Waals surface area (Å²) in [5, 5.41) is 21.5. The molecule has 4 rings (SSSR count). The van der Waals surface area contributed by atoms with Crippen molar-refractivity contribution in [3.05, 3.63) is 59.7 Å². The van der Waals surface area contributed by atoms with Crippen molar-refractivity contribution < 1.29 is 13.2 Å². The second-order valence-corrected chi connectivity index (χ2v) is 10.2. The summed E-state index contributed by atoms with van der Waals surface area (Å²) >= 11 is 1.23. The van der Waals surface area contributed by atoms with Crippen LogP contribution in [0.15, 0.2) is 58.6 Å². The molecule has 170 valence electrons. The largest absolute Gasteiger partial charge is 0.339 e. The molecule has 1 aromatic heterocycles. The number of piperazine rings is 1. The molecule has 10 nitrogen and oxygen atoms in total. The van der Waals surface area contributed by atoms with Gasteiger partial charge in [-0.3, -0.25) is 4.79 Å². The van der Waals surface area contributed by atoms with Crippen LogP contribution < -0.4 is 0 Å². The number of nitriles is 1. The van der Waals surface area contributed by atoms with Gasteiger partial charge in [-0.15, -0.1) is 5.10 Å². The Hall–Kier alpha value is -3.27. The molecule has 33 heavy (non-hydrogen) atoms.